The molecule has 0 saturated carbocycles. The molecule has 0 unspecified atom stereocenters. The Balaban J connectivity index is 1.46. The lowest BCUT2D eigenvalue weighted by molar-refractivity contribution is -0.115. The van der Waals surface area contributed by atoms with Crippen LogP contribution in [0.3, 0.4) is 0 Å². The minimum atomic E-state index is -0.147. The van der Waals surface area contributed by atoms with Crippen molar-refractivity contribution in [1.29, 1.82) is 0 Å². The fourth-order valence-electron chi connectivity index (χ4n) is 3.27. The van der Waals surface area contributed by atoms with Crippen LogP contribution < -0.4 is 14.8 Å². The zero-order valence-corrected chi connectivity index (χ0v) is 17.7. The molecule has 0 radical (unpaired) electrons. The fourth-order valence-corrected chi connectivity index (χ4v) is 3.27. The average Bonchev–Trinajstić information content (AvgIpc) is 3.29. The number of carbonyl (C=O) groups excluding carboxylic acids is 1. The van der Waals surface area contributed by atoms with E-state index in [0.29, 0.717) is 35.3 Å². The predicted octanol–water partition coefficient (Wildman–Crippen LogP) is 3.92. The molecule has 4 rings (SSSR count). The highest BCUT2D eigenvalue weighted by molar-refractivity contribution is 5.93. The Morgan fingerprint density at radius 2 is 1.88 bits per heavy atom. The van der Waals surface area contributed by atoms with Gasteiger partial charge in [0.25, 0.3) is 0 Å². The SMILES string of the molecule is COc1ccc(CC(=O)Nc2ccccc2Cc2nc(-c3cccnc3)no2)cc1OC. The van der Waals surface area contributed by atoms with Crippen molar-refractivity contribution in [3.63, 3.8) is 0 Å². The normalized spacial score (nSPS) is 10.6. The van der Waals surface area contributed by atoms with Crippen molar-refractivity contribution in [3.8, 4) is 22.9 Å². The van der Waals surface area contributed by atoms with Crippen LogP contribution in [0, 0.1) is 0 Å². The van der Waals surface area contributed by atoms with Crippen molar-refractivity contribution in [3.05, 3.63) is 84.0 Å². The summed E-state index contributed by atoms with van der Waals surface area (Å²) in [4.78, 5) is 21.2. The first-order chi connectivity index (χ1) is 15.7. The number of rotatable bonds is 8. The summed E-state index contributed by atoms with van der Waals surface area (Å²) in [6.45, 7) is 0. The molecular formula is C24H22N4O4. The molecular weight excluding hydrogens is 408 g/mol. The number of ether oxygens (including phenoxy) is 2. The highest BCUT2D eigenvalue weighted by Crippen LogP contribution is 2.28. The Bertz CT molecular complexity index is 1210. The smallest absolute Gasteiger partial charge is 0.231 e. The van der Waals surface area contributed by atoms with Crippen LogP contribution in [0.1, 0.15) is 17.0 Å². The van der Waals surface area contributed by atoms with Gasteiger partial charge in [0.05, 0.1) is 27.1 Å². The molecule has 0 fully saturated rings. The number of methoxy groups -OCH3 is 2. The lowest BCUT2D eigenvalue weighted by Crippen LogP contribution is -2.15. The van der Waals surface area contributed by atoms with Crippen LogP contribution in [0.15, 0.2) is 71.5 Å². The van der Waals surface area contributed by atoms with E-state index >= 15 is 0 Å². The van der Waals surface area contributed by atoms with Gasteiger partial charge in [-0.15, -0.1) is 0 Å². The zero-order chi connectivity index (χ0) is 22.3. The summed E-state index contributed by atoms with van der Waals surface area (Å²) in [5.74, 6) is 1.98. The number of amides is 1. The minimum Gasteiger partial charge on any atom is -0.493 e. The summed E-state index contributed by atoms with van der Waals surface area (Å²) in [5, 5.41) is 7.00. The standard InChI is InChI=1S/C24H22N4O4/c1-30-20-10-9-16(12-21(20)31-2)13-22(29)26-19-8-4-3-6-17(19)14-23-27-24(28-32-23)18-7-5-11-25-15-18/h3-12,15H,13-14H2,1-2H3,(H,26,29). The molecule has 2 aromatic heterocycles. The van der Waals surface area contributed by atoms with Gasteiger partial charge in [0.2, 0.25) is 17.6 Å². The van der Waals surface area contributed by atoms with Crippen LogP contribution in [0.25, 0.3) is 11.4 Å². The van der Waals surface area contributed by atoms with Gasteiger partial charge in [-0.2, -0.15) is 4.98 Å². The Kier molecular flexibility index (Phi) is 6.41. The van der Waals surface area contributed by atoms with Crippen LogP contribution in [0.5, 0.6) is 11.5 Å². The van der Waals surface area contributed by atoms with Crippen LogP contribution in [0.2, 0.25) is 0 Å². The topological polar surface area (TPSA) is 99.4 Å². The predicted molar refractivity (Wildman–Crippen MR) is 119 cm³/mol. The Hall–Kier alpha value is -4.20. The summed E-state index contributed by atoms with van der Waals surface area (Å²) in [7, 11) is 3.14. The van der Waals surface area contributed by atoms with E-state index in [-0.39, 0.29) is 12.3 Å². The number of hydrogen-bond acceptors (Lipinski definition) is 7. The summed E-state index contributed by atoms with van der Waals surface area (Å²) in [6, 6.07) is 16.6. The van der Waals surface area contributed by atoms with Gasteiger partial charge in [0.1, 0.15) is 0 Å². The third kappa shape index (κ3) is 4.92. The molecule has 2 heterocycles. The van der Waals surface area contributed by atoms with Crippen molar-refractivity contribution in [2.75, 3.05) is 19.5 Å². The number of aromatic nitrogens is 3. The molecule has 0 spiro atoms. The number of anilines is 1. The molecule has 1 amide bonds. The van der Waals surface area contributed by atoms with E-state index in [2.05, 4.69) is 20.4 Å². The van der Waals surface area contributed by atoms with Crippen molar-refractivity contribution in [1.82, 2.24) is 15.1 Å². The van der Waals surface area contributed by atoms with Gasteiger partial charge in [-0.3, -0.25) is 9.78 Å². The van der Waals surface area contributed by atoms with Gasteiger partial charge in [-0.25, -0.2) is 0 Å². The number of nitrogens with one attached hydrogen (secondary N) is 1. The molecule has 0 aliphatic heterocycles. The van der Waals surface area contributed by atoms with E-state index in [1.54, 1.807) is 38.7 Å². The zero-order valence-electron chi connectivity index (χ0n) is 17.7. The number of hydrogen-bond donors (Lipinski definition) is 1. The van der Waals surface area contributed by atoms with Gasteiger partial charge in [0.15, 0.2) is 11.5 Å². The Morgan fingerprint density at radius 3 is 2.66 bits per heavy atom. The average molecular weight is 430 g/mol. The summed E-state index contributed by atoms with van der Waals surface area (Å²) >= 11 is 0. The first-order valence-electron chi connectivity index (χ1n) is 9.98. The molecule has 0 atom stereocenters. The lowest BCUT2D eigenvalue weighted by atomic mass is 10.1. The second kappa shape index (κ2) is 9.74. The van der Waals surface area contributed by atoms with E-state index in [4.69, 9.17) is 14.0 Å². The summed E-state index contributed by atoms with van der Waals surface area (Å²) < 4.78 is 16.0. The number of benzene rings is 2. The molecule has 0 bridgehead atoms. The first kappa shape index (κ1) is 21.0. The third-order valence-corrected chi connectivity index (χ3v) is 4.83. The van der Waals surface area contributed by atoms with Crippen molar-refractivity contribution in [2.24, 2.45) is 0 Å². The van der Waals surface area contributed by atoms with Crippen LogP contribution in [-0.4, -0.2) is 35.3 Å². The van der Waals surface area contributed by atoms with E-state index in [1.165, 1.54) is 0 Å². The molecule has 0 aliphatic rings. The maximum Gasteiger partial charge on any atom is 0.231 e. The fraction of sp³-hybridized carbons (Fsp3) is 0.167. The van der Waals surface area contributed by atoms with Crippen LogP contribution >= 0.6 is 0 Å². The number of carbonyl (C=O) groups is 1. The maximum absolute atomic E-state index is 12.7. The van der Waals surface area contributed by atoms with Gasteiger partial charge in [0, 0.05) is 23.6 Å². The van der Waals surface area contributed by atoms with E-state index in [1.807, 2.05) is 42.5 Å². The number of nitrogens with zero attached hydrogens (tertiary/aromatic N) is 3. The van der Waals surface area contributed by atoms with Gasteiger partial charge in [-0.05, 0) is 41.5 Å². The van der Waals surface area contributed by atoms with Crippen LogP contribution in [-0.2, 0) is 17.6 Å². The van der Waals surface area contributed by atoms with E-state index in [0.717, 1.165) is 16.7 Å². The largest absolute Gasteiger partial charge is 0.493 e. The maximum atomic E-state index is 12.7. The second-order valence-electron chi connectivity index (χ2n) is 7.00. The minimum absolute atomic E-state index is 0.147. The van der Waals surface area contributed by atoms with Crippen molar-refractivity contribution in [2.45, 2.75) is 12.8 Å². The molecule has 1 N–H and O–H groups in total. The van der Waals surface area contributed by atoms with Gasteiger partial charge < -0.3 is 19.3 Å². The molecule has 162 valence electrons. The molecule has 2 aromatic carbocycles. The van der Waals surface area contributed by atoms with E-state index in [9.17, 15) is 4.79 Å². The number of para-hydroxylation sites is 1. The molecule has 0 aliphatic carbocycles. The number of pyridine rings is 1. The molecule has 4 aromatic rings. The first-order valence-corrected chi connectivity index (χ1v) is 9.98. The van der Waals surface area contributed by atoms with Gasteiger partial charge >= 0.3 is 0 Å². The lowest BCUT2D eigenvalue weighted by Gasteiger charge is -2.11. The summed E-state index contributed by atoms with van der Waals surface area (Å²) in [5.41, 5.74) is 3.16. The highest BCUT2D eigenvalue weighted by atomic mass is 16.5. The monoisotopic (exact) mass is 430 g/mol. The van der Waals surface area contributed by atoms with Gasteiger partial charge in [-0.1, -0.05) is 29.4 Å². The van der Waals surface area contributed by atoms with Crippen LogP contribution in [0.4, 0.5) is 5.69 Å². The quantitative estimate of drug-likeness (QED) is 0.452. The van der Waals surface area contributed by atoms with Crippen molar-refractivity contribution < 1.29 is 18.8 Å². The third-order valence-electron chi connectivity index (χ3n) is 4.83. The van der Waals surface area contributed by atoms with E-state index < -0.39 is 0 Å². The summed E-state index contributed by atoms with van der Waals surface area (Å²) in [6.07, 6.45) is 3.95. The molecule has 8 nitrogen and oxygen atoms in total. The molecule has 0 saturated heterocycles. The Morgan fingerprint density at radius 1 is 1.03 bits per heavy atom. The highest BCUT2D eigenvalue weighted by Gasteiger charge is 2.14. The Labute approximate surface area is 185 Å². The molecule has 8 heteroatoms. The second-order valence-corrected chi connectivity index (χ2v) is 7.00. The van der Waals surface area contributed by atoms with Crippen molar-refractivity contribution >= 4 is 11.6 Å². The molecule has 32 heavy (non-hydrogen) atoms.